The van der Waals surface area contributed by atoms with E-state index < -0.39 is 0 Å². The number of carbonyl (C=O) groups is 1. The van der Waals surface area contributed by atoms with Crippen LogP contribution in [0.5, 0.6) is 11.5 Å². The number of para-hydroxylation sites is 1. The van der Waals surface area contributed by atoms with Crippen molar-refractivity contribution in [2.75, 3.05) is 35.3 Å². The van der Waals surface area contributed by atoms with Gasteiger partial charge in [0.25, 0.3) is 0 Å². The Balaban J connectivity index is 1.17. The third kappa shape index (κ3) is 4.51. The molecule has 2 amide bonds. The van der Waals surface area contributed by atoms with Crippen molar-refractivity contribution in [1.82, 2.24) is 15.3 Å². The van der Waals surface area contributed by atoms with Gasteiger partial charge in [0, 0.05) is 47.6 Å². The SMILES string of the molecule is CN1C(=O)N(c2ccccc2Br)Cc2cnc(Nc3ccc4c(c3)OCC(CNC3CC3)O4)nc21. The molecule has 1 unspecified atom stereocenters. The summed E-state index contributed by atoms with van der Waals surface area (Å²) < 4.78 is 12.9. The van der Waals surface area contributed by atoms with Crippen LogP contribution in [-0.4, -0.2) is 48.3 Å². The number of nitrogens with one attached hydrogen (secondary N) is 2. The molecule has 3 aromatic rings. The van der Waals surface area contributed by atoms with Gasteiger partial charge < -0.3 is 20.1 Å². The van der Waals surface area contributed by atoms with Crippen molar-refractivity contribution in [3.63, 3.8) is 0 Å². The maximum Gasteiger partial charge on any atom is 0.330 e. The van der Waals surface area contributed by atoms with Gasteiger partial charge in [-0.2, -0.15) is 4.98 Å². The van der Waals surface area contributed by atoms with Gasteiger partial charge in [-0.15, -0.1) is 0 Å². The quantitative estimate of drug-likeness (QED) is 0.480. The summed E-state index contributed by atoms with van der Waals surface area (Å²) in [4.78, 5) is 25.5. The first-order valence-electron chi connectivity index (χ1n) is 11.6. The molecule has 0 spiro atoms. The minimum atomic E-state index is -0.154. The molecule has 2 aromatic carbocycles. The molecule has 1 saturated carbocycles. The summed E-state index contributed by atoms with van der Waals surface area (Å²) in [6.45, 7) is 1.69. The molecule has 1 atom stereocenters. The lowest BCUT2D eigenvalue weighted by Crippen LogP contribution is -2.46. The summed E-state index contributed by atoms with van der Waals surface area (Å²) in [5.41, 5.74) is 2.45. The van der Waals surface area contributed by atoms with E-state index in [1.54, 1.807) is 23.0 Å². The average molecular weight is 537 g/mol. The lowest BCUT2D eigenvalue weighted by molar-refractivity contribution is 0.0903. The number of anilines is 4. The first kappa shape index (κ1) is 22.1. The molecular formula is C25H25BrN6O3. The molecule has 6 rings (SSSR count). The Bertz CT molecular complexity index is 1280. The van der Waals surface area contributed by atoms with E-state index in [4.69, 9.17) is 9.47 Å². The van der Waals surface area contributed by atoms with E-state index in [0.29, 0.717) is 36.7 Å². The molecule has 0 radical (unpaired) electrons. The van der Waals surface area contributed by atoms with Crippen LogP contribution in [0.3, 0.4) is 0 Å². The first-order valence-corrected chi connectivity index (χ1v) is 12.4. The summed E-state index contributed by atoms with van der Waals surface area (Å²) in [6.07, 6.45) is 4.26. The molecule has 0 bridgehead atoms. The molecule has 1 aromatic heterocycles. The topological polar surface area (TPSA) is 91.9 Å². The number of aromatic nitrogens is 2. The third-order valence-corrected chi connectivity index (χ3v) is 6.95. The van der Waals surface area contributed by atoms with Gasteiger partial charge in [-0.3, -0.25) is 9.80 Å². The molecule has 0 saturated heterocycles. The molecule has 1 fully saturated rings. The van der Waals surface area contributed by atoms with Crippen molar-refractivity contribution < 1.29 is 14.3 Å². The molecule has 3 heterocycles. The summed E-state index contributed by atoms with van der Waals surface area (Å²) in [5.74, 6) is 2.40. The van der Waals surface area contributed by atoms with Gasteiger partial charge in [0.15, 0.2) is 11.5 Å². The van der Waals surface area contributed by atoms with Crippen LogP contribution in [0.4, 0.5) is 27.9 Å². The van der Waals surface area contributed by atoms with Crippen LogP contribution in [0, 0.1) is 0 Å². The maximum absolute atomic E-state index is 13.1. The second-order valence-corrected chi connectivity index (χ2v) is 9.80. The molecule has 180 valence electrons. The molecule has 1 aliphatic carbocycles. The number of benzene rings is 2. The zero-order valence-corrected chi connectivity index (χ0v) is 20.8. The number of hydrogen-bond acceptors (Lipinski definition) is 7. The van der Waals surface area contributed by atoms with Crippen LogP contribution in [0.25, 0.3) is 0 Å². The van der Waals surface area contributed by atoms with Gasteiger partial charge >= 0.3 is 6.03 Å². The second-order valence-electron chi connectivity index (χ2n) is 8.94. The fourth-order valence-electron chi connectivity index (χ4n) is 4.24. The minimum absolute atomic E-state index is 0.00929. The van der Waals surface area contributed by atoms with E-state index in [0.717, 1.165) is 33.7 Å². The van der Waals surface area contributed by atoms with Crippen molar-refractivity contribution in [3.8, 4) is 11.5 Å². The van der Waals surface area contributed by atoms with Gasteiger partial charge in [-0.05, 0) is 53.0 Å². The molecule has 35 heavy (non-hydrogen) atoms. The van der Waals surface area contributed by atoms with Gasteiger partial charge in [-0.25, -0.2) is 9.78 Å². The molecule has 3 aliphatic rings. The number of fused-ring (bicyclic) bond motifs is 2. The van der Waals surface area contributed by atoms with Gasteiger partial charge in [0.2, 0.25) is 5.95 Å². The van der Waals surface area contributed by atoms with Crippen LogP contribution in [0.1, 0.15) is 18.4 Å². The largest absolute Gasteiger partial charge is 0.486 e. The highest BCUT2D eigenvalue weighted by molar-refractivity contribution is 9.10. The van der Waals surface area contributed by atoms with Crippen LogP contribution >= 0.6 is 15.9 Å². The van der Waals surface area contributed by atoms with E-state index in [-0.39, 0.29) is 12.1 Å². The normalized spacial score (nSPS) is 18.9. The first-order chi connectivity index (χ1) is 17.0. The van der Waals surface area contributed by atoms with Crippen LogP contribution in [0.15, 0.2) is 53.1 Å². The number of carbonyl (C=O) groups excluding carboxylic acids is 1. The third-order valence-electron chi connectivity index (χ3n) is 6.28. The number of rotatable bonds is 6. The molecule has 9 nitrogen and oxygen atoms in total. The predicted molar refractivity (Wildman–Crippen MR) is 137 cm³/mol. The lowest BCUT2D eigenvalue weighted by Gasteiger charge is -2.34. The summed E-state index contributed by atoms with van der Waals surface area (Å²) in [5, 5.41) is 6.70. The second kappa shape index (κ2) is 9.01. The Hall–Kier alpha value is -3.37. The van der Waals surface area contributed by atoms with Crippen LogP contribution in [-0.2, 0) is 6.54 Å². The molecular weight excluding hydrogens is 512 g/mol. The standard InChI is InChI=1S/C25H25BrN6O3/c1-31-23-15(13-32(25(31)33)20-5-3-2-4-19(20)26)11-28-24(30-23)29-17-8-9-21-22(10-17)34-14-18(35-21)12-27-16-6-7-16/h2-5,8-11,16,18,27H,6-7,12-14H2,1H3,(H,28,29,30). The maximum atomic E-state index is 13.1. The Morgan fingerprint density at radius 3 is 2.86 bits per heavy atom. The van der Waals surface area contributed by atoms with Crippen LogP contribution < -0.4 is 29.9 Å². The number of nitrogens with zero attached hydrogens (tertiary/aromatic N) is 4. The Morgan fingerprint density at radius 2 is 2.03 bits per heavy atom. The summed E-state index contributed by atoms with van der Waals surface area (Å²) in [6, 6.07) is 13.8. The zero-order chi connectivity index (χ0) is 23.9. The number of halogens is 1. The fourth-order valence-corrected chi connectivity index (χ4v) is 4.73. The van der Waals surface area contributed by atoms with Gasteiger partial charge in [-0.1, -0.05) is 12.1 Å². The van der Waals surface area contributed by atoms with Crippen molar-refractivity contribution in [2.45, 2.75) is 31.5 Å². The number of amides is 2. The van der Waals surface area contributed by atoms with Gasteiger partial charge in [0.1, 0.15) is 18.5 Å². The lowest BCUT2D eigenvalue weighted by atomic mass is 10.2. The van der Waals surface area contributed by atoms with E-state index in [2.05, 4.69) is 36.5 Å². The number of hydrogen-bond donors (Lipinski definition) is 2. The highest BCUT2D eigenvalue weighted by atomic mass is 79.9. The summed E-state index contributed by atoms with van der Waals surface area (Å²) in [7, 11) is 1.72. The number of urea groups is 1. The van der Waals surface area contributed by atoms with Crippen molar-refractivity contribution in [3.05, 3.63) is 58.7 Å². The molecule has 2 N–H and O–H groups in total. The van der Waals surface area contributed by atoms with E-state index in [1.165, 1.54) is 12.8 Å². The monoisotopic (exact) mass is 536 g/mol. The average Bonchev–Trinajstić information content (AvgIpc) is 3.70. The highest BCUT2D eigenvalue weighted by Gasteiger charge is 2.31. The van der Waals surface area contributed by atoms with E-state index in [1.807, 2.05) is 42.5 Å². The van der Waals surface area contributed by atoms with E-state index >= 15 is 0 Å². The highest BCUT2D eigenvalue weighted by Crippen LogP contribution is 2.36. The van der Waals surface area contributed by atoms with Crippen molar-refractivity contribution in [2.24, 2.45) is 0 Å². The fraction of sp³-hybridized carbons (Fsp3) is 0.320. The Labute approximate surface area is 211 Å². The van der Waals surface area contributed by atoms with Gasteiger partial charge in [0.05, 0.1) is 12.2 Å². The van der Waals surface area contributed by atoms with Crippen molar-refractivity contribution in [1.29, 1.82) is 0 Å². The molecule has 10 heteroatoms. The Morgan fingerprint density at radius 1 is 1.17 bits per heavy atom. The Kier molecular flexibility index (Phi) is 5.69. The zero-order valence-electron chi connectivity index (χ0n) is 19.2. The van der Waals surface area contributed by atoms with Crippen molar-refractivity contribution >= 4 is 45.1 Å². The predicted octanol–water partition coefficient (Wildman–Crippen LogP) is 4.45. The summed E-state index contributed by atoms with van der Waals surface area (Å²) >= 11 is 3.54. The van der Waals surface area contributed by atoms with Crippen LogP contribution in [0.2, 0.25) is 0 Å². The smallest absolute Gasteiger partial charge is 0.330 e. The van der Waals surface area contributed by atoms with E-state index in [9.17, 15) is 4.79 Å². The minimum Gasteiger partial charge on any atom is -0.486 e. The number of ether oxygens (including phenoxy) is 2. The molecule has 2 aliphatic heterocycles.